The molecule has 1 aromatic heterocycles. The quantitative estimate of drug-likeness (QED) is 0.670. The fourth-order valence-corrected chi connectivity index (χ4v) is 4.51. The Morgan fingerprint density at radius 2 is 1.86 bits per heavy atom. The highest BCUT2D eigenvalue weighted by Crippen LogP contribution is 2.35. The second kappa shape index (κ2) is 8.03. The summed E-state index contributed by atoms with van der Waals surface area (Å²) >= 11 is 0. The van der Waals surface area contributed by atoms with E-state index in [9.17, 15) is 4.79 Å². The van der Waals surface area contributed by atoms with Crippen LogP contribution < -0.4 is 5.32 Å². The number of nitrogens with one attached hydrogen (secondary N) is 2. The molecule has 1 fully saturated rings. The SMILES string of the molecule is Cc1ccc(C2(C(=O)N[C@H](C)Cc3c[nH]c4c(C)cccc34)CCOCC2)cc1. The summed E-state index contributed by atoms with van der Waals surface area (Å²) in [6.45, 7) is 7.53. The Balaban J connectivity index is 1.54. The van der Waals surface area contributed by atoms with Crippen LogP contribution in [-0.2, 0) is 21.4 Å². The molecule has 0 unspecified atom stereocenters. The van der Waals surface area contributed by atoms with Gasteiger partial charge < -0.3 is 15.0 Å². The summed E-state index contributed by atoms with van der Waals surface area (Å²) in [5.74, 6) is 0.119. The minimum absolute atomic E-state index is 0.0483. The average Bonchev–Trinajstić information content (AvgIpc) is 3.13. The van der Waals surface area contributed by atoms with Crippen LogP contribution >= 0.6 is 0 Å². The van der Waals surface area contributed by atoms with Gasteiger partial charge in [0.15, 0.2) is 0 Å². The number of rotatable bonds is 5. The maximum Gasteiger partial charge on any atom is 0.231 e. The number of carbonyl (C=O) groups excluding carboxylic acids is 1. The topological polar surface area (TPSA) is 54.1 Å². The molecule has 4 rings (SSSR count). The molecular weight excluding hydrogens is 360 g/mol. The van der Waals surface area contributed by atoms with Gasteiger partial charge in [0.05, 0.1) is 5.41 Å². The van der Waals surface area contributed by atoms with Gasteiger partial charge in [0.2, 0.25) is 5.91 Å². The summed E-state index contributed by atoms with van der Waals surface area (Å²) in [5.41, 5.74) is 5.47. The first-order chi connectivity index (χ1) is 14.0. The summed E-state index contributed by atoms with van der Waals surface area (Å²) in [6.07, 6.45) is 4.32. The van der Waals surface area contributed by atoms with Gasteiger partial charge in [0, 0.05) is 36.4 Å². The molecular formula is C25H30N2O2. The van der Waals surface area contributed by atoms with Crippen molar-refractivity contribution in [3.8, 4) is 0 Å². The van der Waals surface area contributed by atoms with Crippen molar-refractivity contribution in [2.45, 2.75) is 51.5 Å². The third-order valence-electron chi connectivity index (χ3n) is 6.30. The minimum Gasteiger partial charge on any atom is -0.381 e. The van der Waals surface area contributed by atoms with E-state index in [1.165, 1.54) is 27.6 Å². The number of ether oxygens (including phenoxy) is 1. The lowest BCUT2D eigenvalue weighted by Crippen LogP contribution is -2.50. The van der Waals surface area contributed by atoms with Crippen molar-refractivity contribution in [1.29, 1.82) is 0 Å². The normalized spacial score (nSPS) is 17.2. The number of aromatic nitrogens is 1. The summed E-state index contributed by atoms with van der Waals surface area (Å²) in [7, 11) is 0. The molecule has 152 valence electrons. The molecule has 4 nitrogen and oxygen atoms in total. The molecule has 2 heterocycles. The Kier molecular flexibility index (Phi) is 5.46. The van der Waals surface area contributed by atoms with Gasteiger partial charge in [-0.05, 0) is 56.7 Å². The second-order valence-corrected chi connectivity index (χ2v) is 8.45. The van der Waals surface area contributed by atoms with Gasteiger partial charge in [-0.25, -0.2) is 0 Å². The number of hydrogen-bond acceptors (Lipinski definition) is 2. The number of amides is 1. The lowest BCUT2D eigenvalue weighted by atomic mass is 9.73. The summed E-state index contributed by atoms with van der Waals surface area (Å²) < 4.78 is 5.59. The smallest absolute Gasteiger partial charge is 0.231 e. The summed E-state index contributed by atoms with van der Waals surface area (Å²) in [6, 6.07) is 14.8. The number of carbonyl (C=O) groups is 1. The average molecular weight is 391 g/mol. The number of para-hydroxylation sites is 1. The molecule has 0 aliphatic carbocycles. The number of aromatic amines is 1. The van der Waals surface area contributed by atoms with Crippen molar-refractivity contribution < 1.29 is 9.53 Å². The molecule has 1 aliphatic heterocycles. The predicted molar refractivity (Wildman–Crippen MR) is 117 cm³/mol. The molecule has 4 heteroatoms. The van der Waals surface area contributed by atoms with Gasteiger partial charge >= 0.3 is 0 Å². The molecule has 2 aromatic carbocycles. The summed E-state index contributed by atoms with van der Waals surface area (Å²) in [5, 5.41) is 4.55. The van der Waals surface area contributed by atoms with E-state index in [2.05, 4.69) is 79.7 Å². The van der Waals surface area contributed by atoms with Crippen molar-refractivity contribution in [3.63, 3.8) is 0 Å². The van der Waals surface area contributed by atoms with Crippen molar-refractivity contribution in [2.24, 2.45) is 0 Å². The van der Waals surface area contributed by atoms with Crippen LogP contribution in [0, 0.1) is 13.8 Å². The van der Waals surface area contributed by atoms with Crippen LogP contribution in [0.2, 0.25) is 0 Å². The van der Waals surface area contributed by atoms with E-state index in [-0.39, 0.29) is 11.9 Å². The Bertz CT molecular complexity index is 997. The van der Waals surface area contributed by atoms with Gasteiger partial charge in [-0.15, -0.1) is 0 Å². The van der Waals surface area contributed by atoms with Crippen LogP contribution in [0.15, 0.2) is 48.7 Å². The maximum atomic E-state index is 13.5. The monoisotopic (exact) mass is 390 g/mol. The predicted octanol–water partition coefficient (Wildman–Crippen LogP) is 4.58. The molecule has 0 spiro atoms. The molecule has 2 N–H and O–H groups in total. The van der Waals surface area contributed by atoms with E-state index in [4.69, 9.17) is 4.74 Å². The number of H-pyrrole nitrogens is 1. The van der Waals surface area contributed by atoms with E-state index in [1.807, 2.05) is 0 Å². The molecule has 0 bridgehead atoms. The first-order valence-corrected chi connectivity index (χ1v) is 10.5. The van der Waals surface area contributed by atoms with Crippen molar-refractivity contribution >= 4 is 16.8 Å². The van der Waals surface area contributed by atoms with Crippen LogP contribution in [-0.4, -0.2) is 30.1 Å². The number of fused-ring (bicyclic) bond motifs is 1. The third-order valence-corrected chi connectivity index (χ3v) is 6.30. The van der Waals surface area contributed by atoms with Gasteiger partial charge in [0.25, 0.3) is 0 Å². The van der Waals surface area contributed by atoms with Gasteiger partial charge in [0.1, 0.15) is 0 Å². The van der Waals surface area contributed by atoms with E-state index in [0.717, 1.165) is 24.8 Å². The van der Waals surface area contributed by atoms with Crippen LogP contribution in [0.4, 0.5) is 0 Å². The van der Waals surface area contributed by atoms with E-state index in [0.29, 0.717) is 13.2 Å². The standard InChI is InChI=1S/C25H30N2O2/c1-17-7-9-21(10-8-17)25(11-13-29-14-12-25)24(28)27-19(3)15-20-16-26-23-18(2)5-4-6-22(20)23/h4-10,16,19,26H,11-15H2,1-3H3,(H,27,28)/t19-/m1/s1. The van der Waals surface area contributed by atoms with Gasteiger partial charge in [-0.1, -0.05) is 48.0 Å². The first-order valence-electron chi connectivity index (χ1n) is 10.5. The molecule has 1 saturated heterocycles. The zero-order valence-electron chi connectivity index (χ0n) is 17.5. The molecule has 29 heavy (non-hydrogen) atoms. The fourth-order valence-electron chi connectivity index (χ4n) is 4.51. The first kappa shape index (κ1) is 19.7. The molecule has 0 saturated carbocycles. The Labute approximate surface area is 172 Å². The van der Waals surface area contributed by atoms with Crippen molar-refractivity contribution in [2.75, 3.05) is 13.2 Å². The Morgan fingerprint density at radius 1 is 1.14 bits per heavy atom. The molecule has 1 aliphatic rings. The summed E-state index contributed by atoms with van der Waals surface area (Å²) in [4.78, 5) is 16.9. The van der Waals surface area contributed by atoms with Crippen molar-refractivity contribution in [3.05, 3.63) is 70.9 Å². The number of aryl methyl sites for hydroxylation is 2. The van der Waals surface area contributed by atoms with E-state index >= 15 is 0 Å². The van der Waals surface area contributed by atoms with E-state index < -0.39 is 5.41 Å². The van der Waals surface area contributed by atoms with Gasteiger partial charge in [-0.3, -0.25) is 4.79 Å². The number of hydrogen-bond donors (Lipinski definition) is 2. The third kappa shape index (κ3) is 3.82. The van der Waals surface area contributed by atoms with E-state index in [1.54, 1.807) is 0 Å². The zero-order chi connectivity index (χ0) is 20.4. The lowest BCUT2D eigenvalue weighted by molar-refractivity contribution is -0.131. The van der Waals surface area contributed by atoms with Crippen molar-refractivity contribution in [1.82, 2.24) is 10.3 Å². The highest BCUT2D eigenvalue weighted by Gasteiger charge is 2.42. The Hall–Kier alpha value is -2.59. The lowest BCUT2D eigenvalue weighted by Gasteiger charge is -2.37. The zero-order valence-corrected chi connectivity index (χ0v) is 17.5. The number of benzene rings is 2. The van der Waals surface area contributed by atoms with Crippen LogP contribution in [0.5, 0.6) is 0 Å². The Morgan fingerprint density at radius 3 is 2.59 bits per heavy atom. The second-order valence-electron chi connectivity index (χ2n) is 8.45. The van der Waals surface area contributed by atoms with Gasteiger partial charge in [-0.2, -0.15) is 0 Å². The molecule has 3 aromatic rings. The minimum atomic E-state index is -0.503. The highest BCUT2D eigenvalue weighted by molar-refractivity contribution is 5.89. The molecule has 1 amide bonds. The largest absolute Gasteiger partial charge is 0.381 e. The van der Waals surface area contributed by atoms with Crippen LogP contribution in [0.3, 0.4) is 0 Å². The van der Waals surface area contributed by atoms with Crippen LogP contribution in [0.1, 0.15) is 42.0 Å². The molecule has 0 radical (unpaired) electrons. The highest BCUT2D eigenvalue weighted by atomic mass is 16.5. The molecule has 1 atom stereocenters. The van der Waals surface area contributed by atoms with Crippen LogP contribution in [0.25, 0.3) is 10.9 Å². The fraction of sp³-hybridized carbons (Fsp3) is 0.400. The maximum absolute atomic E-state index is 13.5.